The number of pyridine rings is 1. The number of aromatic carboxylic acids is 1. The summed E-state index contributed by atoms with van der Waals surface area (Å²) in [6.45, 7) is 1.70. The van der Waals surface area contributed by atoms with Gasteiger partial charge in [0, 0.05) is 37.8 Å². The number of carboxylic acid groups (broad SMARTS) is 1. The van der Waals surface area contributed by atoms with Crippen molar-refractivity contribution in [1.82, 2.24) is 9.88 Å². The highest BCUT2D eigenvalue weighted by atomic mass is 35.5. The van der Waals surface area contributed by atoms with Crippen LogP contribution in [0.2, 0.25) is 5.02 Å². The van der Waals surface area contributed by atoms with Crippen molar-refractivity contribution in [2.24, 2.45) is 0 Å². The molecule has 4 rings (SSSR count). The van der Waals surface area contributed by atoms with Crippen molar-refractivity contribution in [3.8, 4) is 5.69 Å². The van der Waals surface area contributed by atoms with E-state index in [-0.39, 0.29) is 51.2 Å². The Bertz CT molecular complexity index is 1440. The number of esters is 1. The van der Waals surface area contributed by atoms with Gasteiger partial charge in [-0.05, 0) is 25.2 Å². The number of ether oxygens (including phenoxy) is 1. The van der Waals surface area contributed by atoms with E-state index in [4.69, 9.17) is 22.1 Å². The van der Waals surface area contributed by atoms with Crippen molar-refractivity contribution >= 4 is 45.8 Å². The van der Waals surface area contributed by atoms with Gasteiger partial charge in [-0.2, -0.15) is 0 Å². The van der Waals surface area contributed by atoms with Crippen LogP contribution in [0.15, 0.2) is 29.2 Å². The van der Waals surface area contributed by atoms with Gasteiger partial charge in [-0.15, -0.1) is 0 Å². The molecule has 35 heavy (non-hydrogen) atoms. The number of nitrogen functional groups attached to an aromatic ring is 1. The first kappa shape index (κ1) is 24.4. The molecule has 1 aliphatic rings. The summed E-state index contributed by atoms with van der Waals surface area (Å²) in [5.74, 6) is -3.77. The lowest BCUT2D eigenvalue weighted by Crippen LogP contribution is -2.57. The molecule has 12 heteroatoms. The Morgan fingerprint density at radius 3 is 2.54 bits per heavy atom. The van der Waals surface area contributed by atoms with Crippen LogP contribution in [0.3, 0.4) is 0 Å². The van der Waals surface area contributed by atoms with Gasteiger partial charge >= 0.3 is 11.9 Å². The second-order valence-electron chi connectivity index (χ2n) is 8.14. The predicted octanol–water partition coefficient (Wildman–Crippen LogP) is 2.67. The normalized spacial score (nSPS) is 13.7. The molecule has 1 aromatic heterocycles. The lowest BCUT2D eigenvalue weighted by atomic mass is 10.0. The number of anilines is 2. The molecule has 0 amide bonds. The molecule has 1 saturated heterocycles. The molecule has 184 valence electrons. The zero-order chi connectivity index (χ0) is 25.6. The molecule has 9 nitrogen and oxygen atoms in total. The van der Waals surface area contributed by atoms with Gasteiger partial charge in [0.25, 0.3) is 0 Å². The fourth-order valence-corrected chi connectivity index (χ4v) is 4.42. The summed E-state index contributed by atoms with van der Waals surface area (Å²) in [7, 11) is 1.77. The van der Waals surface area contributed by atoms with E-state index in [1.54, 1.807) is 11.9 Å². The summed E-state index contributed by atoms with van der Waals surface area (Å²) in [6, 6.07) is 3.28. The molecule has 0 saturated carbocycles. The molecule has 1 aliphatic heterocycles. The number of benzene rings is 2. The molecule has 2 heterocycles. The summed E-state index contributed by atoms with van der Waals surface area (Å²) in [6.07, 6.45) is 1.01. The molecule has 0 atom stereocenters. The number of halogens is 3. The van der Waals surface area contributed by atoms with E-state index >= 15 is 4.39 Å². The summed E-state index contributed by atoms with van der Waals surface area (Å²) >= 11 is 6.66. The Labute approximate surface area is 202 Å². The van der Waals surface area contributed by atoms with Crippen molar-refractivity contribution in [2.45, 2.75) is 19.6 Å². The number of carbonyl (C=O) groups is 2. The van der Waals surface area contributed by atoms with E-state index in [0.717, 1.165) is 18.3 Å². The van der Waals surface area contributed by atoms with Crippen LogP contribution >= 0.6 is 11.6 Å². The Balaban J connectivity index is 2.07. The van der Waals surface area contributed by atoms with Crippen LogP contribution in [-0.4, -0.2) is 47.8 Å². The molecule has 3 aromatic rings. The summed E-state index contributed by atoms with van der Waals surface area (Å²) in [5, 5.41) is 12.3. The molecule has 0 aliphatic carbocycles. The molecule has 0 radical (unpaired) electrons. The largest absolute Gasteiger partial charge is 0.477 e. The second-order valence-corrected chi connectivity index (χ2v) is 8.52. The lowest BCUT2D eigenvalue weighted by Gasteiger charge is -2.41. The number of carboxylic acids is 1. The third-order valence-electron chi connectivity index (χ3n) is 5.88. The summed E-state index contributed by atoms with van der Waals surface area (Å²) in [5.41, 5.74) is 4.15. The average Bonchev–Trinajstić information content (AvgIpc) is 2.76. The van der Waals surface area contributed by atoms with Gasteiger partial charge in [-0.25, -0.2) is 13.6 Å². The molecular formula is C23H21ClF2N4O5. The fraction of sp³-hybridized carbons (Fsp3) is 0.261. The van der Waals surface area contributed by atoms with Crippen molar-refractivity contribution in [3.05, 3.63) is 62.4 Å². The van der Waals surface area contributed by atoms with E-state index < -0.39 is 34.6 Å². The lowest BCUT2D eigenvalue weighted by molar-refractivity contribution is -0.142. The van der Waals surface area contributed by atoms with Crippen LogP contribution in [0, 0.1) is 11.6 Å². The quantitative estimate of drug-likeness (QED) is 0.344. The van der Waals surface area contributed by atoms with Crippen molar-refractivity contribution in [1.29, 1.82) is 0 Å². The van der Waals surface area contributed by atoms with Gasteiger partial charge in [0.05, 0.1) is 33.0 Å². The third kappa shape index (κ3) is 4.28. The van der Waals surface area contributed by atoms with Gasteiger partial charge in [0.15, 0.2) is 0 Å². The Morgan fingerprint density at radius 2 is 1.94 bits per heavy atom. The maximum atomic E-state index is 15.2. The van der Waals surface area contributed by atoms with E-state index in [1.807, 2.05) is 0 Å². The SMILES string of the molecule is CNC1CN(c2c(F)cc3c(=O)c(C(=O)O)cn(-c4cc(N)c(F)cc4COC(C)=O)c3c2Cl)C1. The number of aromatic nitrogens is 1. The third-order valence-corrected chi connectivity index (χ3v) is 6.24. The molecule has 0 bridgehead atoms. The Hall–Kier alpha value is -3.70. The van der Waals surface area contributed by atoms with E-state index in [1.165, 1.54) is 17.6 Å². The minimum absolute atomic E-state index is 0.000979. The van der Waals surface area contributed by atoms with Gasteiger partial charge in [0.1, 0.15) is 23.8 Å². The van der Waals surface area contributed by atoms with Gasteiger partial charge in [0.2, 0.25) is 5.43 Å². The highest BCUT2D eigenvalue weighted by Crippen LogP contribution is 2.39. The molecular weight excluding hydrogens is 486 g/mol. The van der Waals surface area contributed by atoms with Gasteiger partial charge in [-0.1, -0.05) is 11.6 Å². The average molecular weight is 507 g/mol. The number of likely N-dealkylation sites (N-methyl/N-ethyl adjacent to an activating group) is 1. The van der Waals surface area contributed by atoms with Crippen LogP contribution in [-0.2, 0) is 16.1 Å². The molecule has 0 unspecified atom stereocenters. The number of hydrogen-bond donors (Lipinski definition) is 3. The number of hydrogen-bond acceptors (Lipinski definition) is 7. The number of rotatable bonds is 6. The zero-order valence-corrected chi connectivity index (χ0v) is 19.4. The highest BCUT2D eigenvalue weighted by Gasteiger charge is 2.31. The maximum absolute atomic E-state index is 15.2. The Kier molecular flexibility index (Phi) is 6.39. The zero-order valence-electron chi connectivity index (χ0n) is 18.7. The highest BCUT2D eigenvalue weighted by molar-refractivity contribution is 6.38. The topological polar surface area (TPSA) is 127 Å². The van der Waals surface area contributed by atoms with E-state index in [2.05, 4.69) is 5.32 Å². The van der Waals surface area contributed by atoms with Gasteiger partial charge in [-0.3, -0.25) is 9.59 Å². The smallest absolute Gasteiger partial charge is 0.341 e. The van der Waals surface area contributed by atoms with Crippen LogP contribution < -0.4 is 21.4 Å². The van der Waals surface area contributed by atoms with Crippen molar-refractivity contribution < 1.29 is 28.2 Å². The number of carbonyl (C=O) groups excluding carboxylic acids is 1. The standard InChI is InChI=1S/C23H21ClF2N4O5/c1-10(31)35-9-11-3-15(25)17(27)5-18(11)30-8-14(23(33)34)22(32)13-4-16(26)21(19(24)20(13)30)29-6-12(7-29)28-2/h3-5,8,12,28H,6-7,9,27H2,1-2H3,(H,33,34). The van der Waals surface area contributed by atoms with Crippen LogP contribution in [0.1, 0.15) is 22.8 Å². The summed E-state index contributed by atoms with van der Waals surface area (Å²) < 4.78 is 35.7. The van der Waals surface area contributed by atoms with E-state index in [0.29, 0.717) is 13.1 Å². The number of nitrogens with one attached hydrogen (secondary N) is 1. The maximum Gasteiger partial charge on any atom is 0.341 e. The minimum atomic E-state index is -1.55. The van der Waals surface area contributed by atoms with E-state index in [9.17, 15) is 23.9 Å². The van der Waals surface area contributed by atoms with Crippen LogP contribution in [0.4, 0.5) is 20.2 Å². The first-order valence-electron chi connectivity index (χ1n) is 10.5. The Morgan fingerprint density at radius 1 is 1.26 bits per heavy atom. The number of nitrogens with zero attached hydrogens (tertiary/aromatic N) is 2. The fourth-order valence-electron chi connectivity index (χ4n) is 4.02. The van der Waals surface area contributed by atoms with Gasteiger partial charge < -0.3 is 30.4 Å². The van der Waals surface area contributed by atoms with Crippen molar-refractivity contribution in [2.75, 3.05) is 30.8 Å². The minimum Gasteiger partial charge on any atom is -0.477 e. The monoisotopic (exact) mass is 506 g/mol. The number of nitrogens with two attached hydrogens (primary N) is 1. The van der Waals surface area contributed by atoms with Crippen LogP contribution in [0.25, 0.3) is 16.6 Å². The number of fused-ring (bicyclic) bond motifs is 1. The molecule has 2 aromatic carbocycles. The second kappa shape index (κ2) is 9.16. The molecule has 0 spiro atoms. The summed E-state index contributed by atoms with van der Waals surface area (Å²) in [4.78, 5) is 37.8. The first-order chi connectivity index (χ1) is 16.5. The van der Waals surface area contributed by atoms with Crippen molar-refractivity contribution in [3.63, 3.8) is 0 Å². The first-order valence-corrected chi connectivity index (χ1v) is 10.9. The van der Waals surface area contributed by atoms with Crippen LogP contribution in [0.5, 0.6) is 0 Å². The molecule has 4 N–H and O–H groups in total. The predicted molar refractivity (Wildman–Crippen MR) is 126 cm³/mol. The molecule has 1 fully saturated rings.